The van der Waals surface area contributed by atoms with Crippen LogP contribution in [0.1, 0.15) is 20.8 Å². The van der Waals surface area contributed by atoms with Crippen LogP contribution in [0.5, 0.6) is 0 Å². The Morgan fingerprint density at radius 2 is 1.77 bits per heavy atom. The minimum Gasteiger partial charge on any atom is -0.336 e. The van der Waals surface area contributed by atoms with Crippen LogP contribution in [0.15, 0.2) is 41.0 Å². The average Bonchev–Trinajstić information content (AvgIpc) is 3.31. The van der Waals surface area contributed by atoms with Crippen molar-refractivity contribution in [3.8, 4) is 11.3 Å². The van der Waals surface area contributed by atoms with Gasteiger partial charge in [0.1, 0.15) is 10.6 Å². The number of amides is 1. The summed E-state index contributed by atoms with van der Waals surface area (Å²) < 4.78 is 29.6. The van der Waals surface area contributed by atoms with Gasteiger partial charge in [-0.1, -0.05) is 0 Å². The summed E-state index contributed by atoms with van der Waals surface area (Å²) in [5.41, 5.74) is 2.81. The van der Waals surface area contributed by atoms with Crippen molar-refractivity contribution in [2.45, 2.75) is 18.7 Å². The Bertz CT molecular complexity index is 1180. The number of aromatic nitrogens is 3. The molecule has 3 aromatic heterocycles. The van der Waals surface area contributed by atoms with Crippen molar-refractivity contribution < 1.29 is 13.2 Å². The monoisotopic (exact) mass is 445 g/mol. The van der Waals surface area contributed by atoms with Crippen LogP contribution in [0.3, 0.4) is 0 Å². The zero-order chi connectivity index (χ0) is 21.5. The predicted octanol–water partition coefficient (Wildman–Crippen LogP) is 2.31. The lowest BCUT2D eigenvalue weighted by molar-refractivity contribution is 0.0697. The molecule has 1 amide bonds. The van der Waals surface area contributed by atoms with Gasteiger partial charge in [0.25, 0.3) is 5.91 Å². The molecule has 30 heavy (non-hydrogen) atoms. The molecular formula is C20H23N5O3S2. The van der Waals surface area contributed by atoms with Crippen LogP contribution >= 0.6 is 11.3 Å². The molecule has 0 N–H and O–H groups in total. The summed E-state index contributed by atoms with van der Waals surface area (Å²) in [7, 11) is -2.04. The number of carbonyl (C=O) groups is 1. The van der Waals surface area contributed by atoms with E-state index < -0.39 is 10.0 Å². The first kappa shape index (κ1) is 20.7. The molecule has 10 heteroatoms. The SMILES string of the molecule is Cc1scc(C(=O)N2CCN(S(=O)(=O)c3cn(C)nc3-c3ccncc3)CC2)c1C. The quantitative estimate of drug-likeness (QED) is 0.615. The summed E-state index contributed by atoms with van der Waals surface area (Å²) in [6.45, 7) is 5.16. The molecule has 4 rings (SSSR count). The number of thiophene rings is 1. The van der Waals surface area contributed by atoms with Crippen LogP contribution in [0.2, 0.25) is 0 Å². The number of rotatable bonds is 4. The molecular weight excluding hydrogens is 422 g/mol. The molecule has 1 saturated heterocycles. The third-order valence-corrected chi connectivity index (χ3v) is 8.32. The van der Waals surface area contributed by atoms with Crippen LogP contribution < -0.4 is 0 Å². The lowest BCUT2D eigenvalue weighted by Crippen LogP contribution is -2.50. The number of sulfonamides is 1. The second kappa shape index (κ2) is 7.93. The minimum absolute atomic E-state index is 0.0345. The van der Waals surface area contributed by atoms with Gasteiger partial charge in [-0.2, -0.15) is 9.40 Å². The Hall–Kier alpha value is -2.56. The van der Waals surface area contributed by atoms with Gasteiger partial charge >= 0.3 is 0 Å². The van der Waals surface area contributed by atoms with E-state index in [9.17, 15) is 13.2 Å². The van der Waals surface area contributed by atoms with Gasteiger partial charge in [-0.25, -0.2) is 8.42 Å². The minimum atomic E-state index is -3.74. The Kier molecular flexibility index (Phi) is 5.48. The number of hydrogen-bond acceptors (Lipinski definition) is 6. The highest BCUT2D eigenvalue weighted by Crippen LogP contribution is 2.29. The summed E-state index contributed by atoms with van der Waals surface area (Å²) in [6, 6.07) is 3.48. The fraction of sp³-hybridized carbons (Fsp3) is 0.350. The summed E-state index contributed by atoms with van der Waals surface area (Å²) in [5.74, 6) is -0.0345. The molecule has 0 atom stereocenters. The molecule has 0 aliphatic carbocycles. The van der Waals surface area contributed by atoms with E-state index >= 15 is 0 Å². The maximum Gasteiger partial charge on any atom is 0.255 e. The van der Waals surface area contributed by atoms with Gasteiger partial charge in [0.2, 0.25) is 10.0 Å². The van der Waals surface area contributed by atoms with Gasteiger partial charge in [-0.05, 0) is 31.5 Å². The maximum atomic E-state index is 13.4. The van der Waals surface area contributed by atoms with Crippen molar-refractivity contribution in [1.29, 1.82) is 0 Å². The van der Waals surface area contributed by atoms with E-state index in [4.69, 9.17) is 0 Å². The highest BCUT2D eigenvalue weighted by molar-refractivity contribution is 7.89. The van der Waals surface area contributed by atoms with E-state index in [2.05, 4.69) is 10.1 Å². The molecule has 8 nitrogen and oxygen atoms in total. The van der Waals surface area contributed by atoms with Crippen molar-refractivity contribution in [2.75, 3.05) is 26.2 Å². The van der Waals surface area contributed by atoms with Gasteiger partial charge in [-0.3, -0.25) is 14.5 Å². The van der Waals surface area contributed by atoms with Crippen LogP contribution in [0.4, 0.5) is 0 Å². The largest absolute Gasteiger partial charge is 0.336 e. The van der Waals surface area contributed by atoms with Crippen molar-refractivity contribution >= 4 is 27.3 Å². The molecule has 4 heterocycles. The first-order valence-corrected chi connectivity index (χ1v) is 11.9. The third-order valence-electron chi connectivity index (χ3n) is 5.41. The average molecular weight is 446 g/mol. The van der Waals surface area contributed by atoms with Gasteiger partial charge in [0, 0.05) is 67.6 Å². The van der Waals surface area contributed by atoms with Gasteiger partial charge in [0.15, 0.2) is 0 Å². The Balaban J connectivity index is 1.54. The van der Waals surface area contributed by atoms with Gasteiger partial charge in [-0.15, -0.1) is 11.3 Å². The summed E-state index contributed by atoms with van der Waals surface area (Å²) in [4.78, 5) is 19.9. The number of pyridine rings is 1. The predicted molar refractivity (Wildman–Crippen MR) is 115 cm³/mol. The van der Waals surface area contributed by atoms with Gasteiger partial charge in [0.05, 0.1) is 5.56 Å². The molecule has 0 bridgehead atoms. The zero-order valence-electron chi connectivity index (χ0n) is 17.1. The van der Waals surface area contributed by atoms with Crippen LogP contribution in [0.25, 0.3) is 11.3 Å². The molecule has 0 radical (unpaired) electrons. The van der Waals surface area contributed by atoms with Crippen molar-refractivity contribution in [3.05, 3.63) is 52.1 Å². The van der Waals surface area contributed by atoms with E-state index in [-0.39, 0.29) is 23.9 Å². The highest BCUT2D eigenvalue weighted by atomic mass is 32.2. The van der Waals surface area contributed by atoms with Crippen LogP contribution in [0, 0.1) is 13.8 Å². The lowest BCUT2D eigenvalue weighted by atomic mass is 10.1. The normalized spacial score (nSPS) is 15.5. The van der Waals surface area contributed by atoms with Crippen LogP contribution in [-0.4, -0.2) is 64.5 Å². The molecule has 1 aliphatic heterocycles. The fourth-order valence-corrected chi connectivity index (χ4v) is 6.00. The molecule has 0 aromatic carbocycles. The Morgan fingerprint density at radius 1 is 1.10 bits per heavy atom. The summed E-state index contributed by atoms with van der Waals surface area (Å²) >= 11 is 1.56. The van der Waals surface area contributed by atoms with Crippen molar-refractivity contribution in [1.82, 2.24) is 24.0 Å². The lowest BCUT2D eigenvalue weighted by Gasteiger charge is -2.34. The zero-order valence-corrected chi connectivity index (χ0v) is 18.7. The second-order valence-electron chi connectivity index (χ2n) is 7.28. The molecule has 1 fully saturated rings. The van der Waals surface area contributed by atoms with E-state index in [1.807, 2.05) is 19.2 Å². The number of piperazine rings is 1. The molecule has 158 valence electrons. The Labute approximate surface area is 179 Å². The fourth-order valence-electron chi connectivity index (χ4n) is 3.53. The first-order valence-electron chi connectivity index (χ1n) is 9.57. The number of aryl methyl sites for hydroxylation is 2. The standard InChI is InChI=1S/C20H23N5O3S2/c1-14-15(2)29-13-17(14)20(26)24-8-10-25(11-9-24)30(27,28)18-12-23(3)22-19(18)16-4-6-21-7-5-16/h4-7,12-13H,8-11H2,1-3H3. The smallest absolute Gasteiger partial charge is 0.255 e. The number of nitrogens with zero attached hydrogens (tertiary/aromatic N) is 5. The van der Waals surface area contributed by atoms with Crippen molar-refractivity contribution in [2.24, 2.45) is 7.05 Å². The van der Waals surface area contributed by atoms with E-state index in [0.717, 1.165) is 10.4 Å². The maximum absolute atomic E-state index is 13.4. The molecule has 3 aromatic rings. The van der Waals surface area contributed by atoms with E-state index in [1.54, 1.807) is 47.8 Å². The molecule has 0 saturated carbocycles. The third kappa shape index (κ3) is 3.66. The molecule has 0 spiro atoms. The van der Waals surface area contributed by atoms with E-state index in [0.29, 0.717) is 29.9 Å². The van der Waals surface area contributed by atoms with Gasteiger partial charge < -0.3 is 4.90 Å². The number of hydrogen-bond donors (Lipinski definition) is 0. The van der Waals surface area contributed by atoms with Crippen molar-refractivity contribution in [3.63, 3.8) is 0 Å². The molecule has 1 aliphatic rings. The Morgan fingerprint density at radius 3 is 2.37 bits per heavy atom. The first-order chi connectivity index (χ1) is 14.3. The number of carbonyl (C=O) groups excluding carboxylic acids is 1. The van der Waals surface area contributed by atoms with E-state index in [1.165, 1.54) is 15.2 Å². The van der Waals surface area contributed by atoms with Crippen LogP contribution in [-0.2, 0) is 17.1 Å². The highest BCUT2D eigenvalue weighted by Gasteiger charge is 2.34. The topological polar surface area (TPSA) is 88.4 Å². The summed E-state index contributed by atoms with van der Waals surface area (Å²) in [6.07, 6.45) is 4.75. The second-order valence-corrected chi connectivity index (χ2v) is 10.3. The molecule has 0 unspecified atom stereocenters. The summed E-state index contributed by atoms with van der Waals surface area (Å²) in [5, 5.41) is 6.24.